The van der Waals surface area contributed by atoms with Crippen LogP contribution in [0.3, 0.4) is 0 Å². The van der Waals surface area contributed by atoms with E-state index in [0.717, 1.165) is 28.1 Å². The Bertz CT molecular complexity index is 931. The van der Waals surface area contributed by atoms with E-state index in [-0.39, 0.29) is 0 Å². The normalized spacial score (nSPS) is 27.2. The van der Waals surface area contributed by atoms with Gasteiger partial charge in [-0.3, -0.25) is 0 Å². The Balaban J connectivity index is 1.72. The lowest BCUT2D eigenvalue weighted by atomic mass is 9.87. The second kappa shape index (κ2) is 9.64. The standard InChI is InChI=1S/C24H31NO7/c1-3-30-16-6-4-14(5-7-16)10-15-11-17(23-19(13(15)2)25-8-9-31-23)24-22(29)21(28)20(27)18(12-26)32-24/h4-7,11,18,20-22,24-29H,3,8-10,12H2,1-2H3/t18-,20-,21+,22-,24+/m1/s1. The third-order valence-corrected chi connectivity index (χ3v) is 6.15. The maximum atomic E-state index is 10.7. The van der Waals surface area contributed by atoms with Gasteiger partial charge in [-0.05, 0) is 55.2 Å². The summed E-state index contributed by atoms with van der Waals surface area (Å²) in [5.74, 6) is 1.38. The number of nitrogens with one attached hydrogen (secondary N) is 1. The summed E-state index contributed by atoms with van der Waals surface area (Å²) in [5, 5.41) is 44.1. The molecule has 2 heterocycles. The molecule has 0 saturated carbocycles. The van der Waals surface area contributed by atoms with Crippen molar-refractivity contribution >= 4 is 5.69 Å². The molecule has 0 spiro atoms. The highest BCUT2D eigenvalue weighted by atomic mass is 16.5. The topological polar surface area (TPSA) is 121 Å². The van der Waals surface area contributed by atoms with Crippen molar-refractivity contribution in [2.24, 2.45) is 0 Å². The molecular weight excluding hydrogens is 414 g/mol. The number of aliphatic hydroxyl groups excluding tert-OH is 4. The van der Waals surface area contributed by atoms with Gasteiger partial charge in [0.25, 0.3) is 0 Å². The van der Waals surface area contributed by atoms with Gasteiger partial charge in [-0.1, -0.05) is 12.1 Å². The Morgan fingerprint density at radius 1 is 1.09 bits per heavy atom. The van der Waals surface area contributed by atoms with Crippen molar-refractivity contribution in [3.63, 3.8) is 0 Å². The molecular formula is C24H31NO7. The summed E-state index contributed by atoms with van der Waals surface area (Å²) in [6.45, 7) is 5.19. The number of anilines is 1. The SMILES string of the molecule is CCOc1ccc(Cc2cc([C@@H]3O[C@H](CO)[C@@H](O)[C@H](O)[C@H]3O)c3c(c2C)NCCO3)cc1. The third-order valence-electron chi connectivity index (χ3n) is 6.15. The lowest BCUT2D eigenvalue weighted by Gasteiger charge is -2.41. The Hall–Kier alpha value is -2.36. The van der Waals surface area contributed by atoms with E-state index in [2.05, 4.69) is 5.32 Å². The van der Waals surface area contributed by atoms with Gasteiger partial charge < -0.3 is 40.0 Å². The fourth-order valence-electron chi connectivity index (χ4n) is 4.38. The molecule has 1 saturated heterocycles. The van der Waals surface area contributed by atoms with Crippen molar-refractivity contribution in [2.45, 2.75) is 50.8 Å². The largest absolute Gasteiger partial charge is 0.494 e. The van der Waals surface area contributed by atoms with Gasteiger partial charge in [0.15, 0.2) is 0 Å². The van der Waals surface area contributed by atoms with Gasteiger partial charge in [0.2, 0.25) is 0 Å². The van der Waals surface area contributed by atoms with Crippen LogP contribution in [-0.2, 0) is 11.2 Å². The molecule has 4 rings (SSSR count). The molecule has 174 valence electrons. The summed E-state index contributed by atoms with van der Waals surface area (Å²) in [5.41, 5.74) is 4.54. The van der Waals surface area contributed by atoms with Crippen LogP contribution in [0, 0.1) is 6.92 Å². The van der Waals surface area contributed by atoms with E-state index in [1.165, 1.54) is 0 Å². The smallest absolute Gasteiger partial charge is 0.148 e. The summed E-state index contributed by atoms with van der Waals surface area (Å²) in [6.07, 6.45) is -5.54. The Kier molecular flexibility index (Phi) is 6.88. The van der Waals surface area contributed by atoms with Gasteiger partial charge in [-0.15, -0.1) is 0 Å². The maximum Gasteiger partial charge on any atom is 0.148 e. The van der Waals surface area contributed by atoms with Crippen LogP contribution in [0.5, 0.6) is 11.5 Å². The lowest BCUT2D eigenvalue weighted by Crippen LogP contribution is -2.55. The number of fused-ring (bicyclic) bond motifs is 1. The molecule has 2 aliphatic heterocycles. The molecule has 2 aliphatic rings. The predicted molar refractivity (Wildman–Crippen MR) is 118 cm³/mol. The molecule has 0 radical (unpaired) electrons. The van der Waals surface area contributed by atoms with Gasteiger partial charge in [0.1, 0.15) is 48.6 Å². The van der Waals surface area contributed by atoms with Crippen LogP contribution in [0.2, 0.25) is 0 Å². The lowest BCUT2D eigenvalue weighted by molar-refractivity contribution is -0.232. The Labute approximate surface area is 187 Å². The molecule has 1 fully saturated rings. The number of ether oxygens (including phenoxy) is 3. The van der Waals surface area contributed by atoms with Crippen LogP contribution in [-0.4, -0.2) is 71.2 Å². The first-order valence-electron chi connectivity index (χ1n) is 11.0. The van der Waals surface area contributed by atoms with Crippen molar-refractivity contribution in [2.75, 3.05) is 31.7 Å². The van der Waals surface area contributed by atoms with E-state index < -0.39 is 37.1 Å². The van der Waals surface area contributed by atoms with Crippen molar-refractivity contribution in [1.82, 2.24) is 0 Å². The highest BCUT2D eigenvalue weighted by Crippen LogP contribution is 2.44. The quantitative estimate of drug-likeness (QED) is 0.451. The second-order valence-corrected chi connectivity index (χ2v) is 8.23. The van der Waals surface area contributed by atoms with Crippen molar-refractivity contribution in [3.05, 3.63) is 52.6 Å². The van der Waals surface area contributed by atoms with Crippen LogP contribution in [0.4, 0.5) is 5.69 Å². The molecule has 8 nitrogen and oxygen atoms in total. The first-order chi connectivity index (χ1) is 15.4. The van der Waals surface area contributed by atoms with Gasteiger partial charge in [0.05, 0.1) is 18.9 Å². The van der Waals surface area contributed by atoms with Crippen LogP contribution in [0.15, 0.2) is 30.3 Å². The Morgan fingerprint density at radius 3 is 2.53 bits per heavy atom. The number of aliphatic hydroxyl groups is 4. The number of rotatable bonds is 6. The highest BCUT2D eigenvalue weighted by molar-refractivity contribution is 5.69. The summed E-state index contributed by atoms with van der Waals surface area (Å²) in [7, 11) is 0. The van der Waals surface area contributed by atoms with E-state index in [0.29, 0.717) is 37.5 Å². The Morgan fingerprint density at radius 2 is 1.84 bits per heavy atom. The van der Waals surface area contributed by atoms with E-state index in [1.54, 1.807) is 0 Å². The van der Waals surface area contributed by atoms with Crippen molar-refractivity contribution in [3.8, 4) is 11.5 Å². The highest BCUT2D eigenvalue weighted by Gasteiger charge is 2.45. The van der Waals surface area contributed by atoms with Crippen molar-refractivity contribution in [1.29, 1.82) is 0 Å². The molecule has 0 amide bonds. The van der Waals surface area contributed by atoms with E-state index in [1.807, 2.05) is 44.2 Å². The van der Waals surface area contributed by atoms with Gasteiger partial charge >= 0.3 is 0 Å². The zero-order chi connectivity index (χ0) is 22.8. The summed E-state index contributed by atoms with van der Waals surface area (Å²) in [6, 6.07) is 9.83. The summed E-state index contributed by atoms with van der Waals surface area (Å²) in [4.78, 5) is 0. The number of hydrogen-bond donors (Lipinski definition) is 5. The first-order valence-corrected chi connectivity index (χ1v) is 11.0. The van der Waals surface area contributed by atoms with Crippen LogP contribution >= 0.6 is 0 Å². The minimum absolute atomic E-state index is 0.453. The zero-order valence-electron chi connectivity index (χ0n) is 18.3. The molecule has 0 aromatic heterocycles. The van der Waals surface area contributed by atoms with E-state index >= 15 is 0 Å². The molecule has 0 aliphatic carbocycles. The maximum absolute atomic E-state index is 10.7. The molecule has 2 aromatic rings. The molecule has 5 atom stereocenters. The van der Waals surface area contributed by atoms with Crippen LogP contribution in [0.25, 0.3) is 0 Å². The van der Waals surface area contributed by atoms with Gasteiger partial charge in [-0.2, -0.15) is 0 Å². The predicted octanol–water partition coefficient (Wildman–Crippen LogP) is 1.30. The molecule has 0 unspecified atom stereocenters. The monoisotopic (exact) mass is 445 g/mol. The summed E-state index contributed by atoms with van der Waals surface area (Å²) >= 11 is 0. The fraction of sp³-hybridized carbons (Fsp3) is 0.500. The average molecular weight is 446 g/mol. The fourth-order valence-corrected chi connectivity index (χ4v) is 4.38. The number of benzene rings is 2. The average Bonchev–Trinajstić information content (AvgIpc) is 2.81. The second-order valence-electron chi connectivity index (χ2n) is 8.23. The van der Waals surface area contributed by atoms with E-state index in [9.17, 15) is 20.4 Å². The number of hydrogen-bond acceptors (Lipinski definition) is 8. The first kappa shape index (κ1) is 22.8. The van der Waals surface area contributed by atoms with Gasteiger partial charge in [-0.25, -0.2) is 0 Å². The summed E-state index contributed by atoms with van der Waals surface area (Å²) < 4.78 is 17.3. The molecule has 5 N–H and O–H groups in total. The van der Waals surface area contributed by atoms with Gasteiger partial charge in [0, 0.05) is 12.1 Å². The minimum Gasteiger partial charge on any atom is -0.494 e. The third kappa shape index (κ3) is 4.29. The van der Waals surface area contributed by atoms with Crippen LogP contribution < -0.4 is 14.8 Å². The van der Waals surface area contributed by atoms with Crippen LogP contribution in [0.1, 0.15) is 35.3 Å². The van der Waals surface area contributed by atoms with E-state index in [4.69, 9.17) is 14.2 Å². The molecule has 2 aromatic carbocycles. The molecule has 8 heteroatoms. The van der Waals surface area contributed by atoms with Crippen molar-refractivity contribution < 1.29 is 34.6 Å². The zero-order valence-corrected chi connectivity index (χ0v) is 18.3. The molecule has 32 heavy (non-hydrogen) atoms. The minimum atomic E-state index is -1.45. The molecule has 0 bridgehead atoms.